The van der Waals surface area contributed by atoms with Crippen LogP contribution in [0.25, 0.3) is 0 Å². The summed E-state index contributed by atoms with van der Waals surface area (Å²) in [5, 5.41) is 6.79. The third-order valence-electron chi connectivity index (χ3n) is 2.92. The fourth-order valence-corrected chi connectivity index (χ4v) is 2.18. The van der Waals surface area contributed by atoms with E-state index in [4.69, 9.17) is 27.9 Å². The Bertz CT molecular complexity index is 448. The molecule has 19 heavy (non-hydrogen) atoms. The molecule has 0 aromatic heterocycles. The molecule has 2 rings (SSSR count). The molecule has 6 heteroatoms. The smallest absolute Gasteiger partial charge is 0.239 e. The maximum Gasteiger partial charge on any atom is 0.239 e. The molecule has 1 heterocycles. The average Bonchev–Trinajstić information content (AvgIpc) is 2.91. The second-order valence-electron chi connectivity index (χ2n) is 4.42. The van der Waals surface area contributed by atoms with Crippen molar-refractivity contribution in [1.29, 1.82) is 0 Å². The van der Waals surface area contributed by atoms with Crippen molar-refractivity contribution in [2.75, 3.05) is 25.0 Å². The molecule has 1 saturated heterocycles. The fraction of sp³-hybridized carbons (Fsp3) is 0.462. The van der Waals surface area contributed by atoms with E-state index in [0.717, 1.165) is 25.1 Å². The van der Waals surface area contributed by atoms with Crippen LogP contribution in [0.2, 0.25) is 10.0 Å². The van der Waals surface area contributed by atoms with Crippen molar-refractivity contribution in [3.8, 4) is 0 Å². The summed E-state index contributed by atoms with van der Waals surface area (Å²) in [4.78, 5) is 11.6. The second-order valence-corrected chi connectivity index (χ2v) is 5.24. The first kappa shape index (κ1) is 14.4. The summed E-state index contributed by atoms with van der Waals surface area (Å²) in [5.74, 6) is -0.0680. The number of benzene rings is 1. The quantitative estimate of drug-likeness (QED) is 0.879. The lowest BCUT2D eigenvalue weighted by molar-refractivity contribution is -0.119. The van der Waals surface area contributed by atoms with E-state index in [2.05, 4.69) is 10.6 Å². The molecule has 1 amide bonds. The van der Waals surface area contributed by atoms with Crippen LogP contribution >= 0.6 is 23.2 Å². The van der Waals surface area contributed by atoms with Crippen LogP contribution in [-0.2, 0) is 9.53 Å². The SMILES string of the molecule is O=C(CNc1ccc(Cl)c(Cl)c1)NCC1CCCO1. The van der Waals surface area contributed by atoms with Crippen LogP contribution < -0.4 is 10.6 Å². The van der Waals surface area contributed by atoms with Gasteiger partial charge in [-0.3, -0.25) is 4.79 Å². The zero-order valence-electron chi connectivity index (χ0n) is 10.4. The van der Waals surface area contributed by atoms with Gasteiger partial charge in [0.1, 0.15) is 0 Å². The van der Waals surface area contributed by atoms with Gasteiger partial charge in [-0.25, -0.2) is 0 Å². The molecule has 1 unspecified atom stereocenters. The zero-order chi connectivity index (χ0) is 13.7. The number of rotatable bonds is 5. The molecule has 1 aliphatic heterocycles. The summed E-state index contributed by atoms with van der Waals surface area (Å²) in [5.41, 5.74) is 0.765. The molecule has 0 bridgehead atoms. The van der Waals surface area contributed by atoms with Crippen molar-refractivity contribution in [3.63, 3.8) is 0 Å². The van der Waals surface area contributed by atoms with Gasteiger partial charge in [0.05, 0.1) is 22.7 Å². The first-order chi connectivity index (χ1) is 9.15. The highest BCUT2D eigenvalue weighted by molar-refractivity contribution is 6.42. The monoisotopic (exact) mass is 302 g/mol. The van der Waals surface area contributed by atoms with Gasteiger partial charge in [0.15, 0.2) is 0 Å². The van der Waals surface area contributed by atoms with Crippen molar-refractivity contribution >= 4 is 34.8 Å². The fourth-order valence-electron chi connectivity index (χ4n) is 1.88. The molecule has 1 aromatic rings. The zero-order valence-corrected chi connectivity index (χ0v) is 11.9. The van der Waals surface area contributed by atoms with E-state index < -0.39 is 0 Å². The topological polar surface area (TPSA) is 50.4 Å². The Balaban J connectivity index is 1.71. The minimum absolute atomic E-state index is 0.0680. The Morgan fingerprint density at radius 2 is 2.21 bits per heavy atom. The van der Waals surface area contributed by atoms with Gasteiger partial charge in [0.2, 0.25) is 5.91 Å². The van der Waals surface area contributed by atoms with E-state index in [0.29, 0.717) is 16.6 Å². The summed E-state index contributed by atoms with van der Waals surface area (Å²) >= 11 is 11.7. The van der Waals surface area contributed by atoms with Crippen LogP contribution in [0.1, 0.15) is 12.8 Å². The lowest BCUT2D eigenvalue weighted by Crippen LogP contribution is -2.35. The molecule has 1 aliphatic rings. The minimum Gasteiger partial charge on any atom is -0.376 e. The number of anilines is 1. The largest absolute Gasteiger partial charge is 0.376 e. The Morgan fingerprint density at radius 1 is 1.37 bits per heavy atom. The maximum atomic E-state index is 11.6. The third-order valence-corrected chi connectivity index (χ3v) is 3.66. The number of halogens is 2. The van der Waals surface area contributed by atoms with Gasteiger partial charge in [-0.2, -0.15) is 0 Å². The predicted octanol–water partition coefficient (Wildman–Crippen LogP) is 2.70. The lowest BCUT2D eigenvalue weighted by Gasteiger charge is -2.12. The number of amides is 1. The molecule has 2 N–H and O–H groups in total. The molecular formula is C13H16Cl2N2O2. The highest BCUT2D eigenvalue weighted by Crippen LogP contribution is 2.24. The van der Waals surface area contributed by atoms with E-state index in [1.165, 1.54) is 0 Å². The van der Waals surface area contributed by atoms with Crippen molar-refractivity contribution < 1.29 is 9.53 Å². The van der Waals surface area contributed by atoms with Crippen LogP contribution in [0.4, 0.5) is 5.69 Å². The van der Waals surface area contributed by atoms with E-state index in [-0.39, 0.29) is 18.6 Å². The summed E-state index contributed by atoms with van der Waals surface area (Å²) in [6, 6.07) is 5.16. The number of hydrogen-bond acceptors (Lipinski definition) is 3. The normalized spacial score (nSPS) is 18.3. The lowest BCUT2D eigenvalue weighted by atomic mass is 10.2. The van der Waals surface area contributed by atoms with Crippen LogP contribution in [0.3, 0.4) is 0 Å². The Hall–Kier alpha value is -0.970. The Morgan fingerprint density at radius 3 is 2.89 bits per heavy atom. The summed E-state index contributed by atoms with van der Waals surface area (Å²) in [6.07, 6.45) is 2.25. The maximum absolute atomic E-state index is 11.6. The number of ether oxygens (including phenoxy) is 1. The van der Waals surface area contributed by atoms with E-state index in [1.807, 2.05) is 0 Å². The first-order valence-electron chi connectivity index (χ1n) is 6.22. The Labute approximate surface area is 122 Å². The molecule has 0 spiro atoms. The highest BCUT2D eigenvalue weighted by Gasteiger charge is 2.15. The van der Waals surface area contributed by atoms with Crippen molar-refractivity contribution in [3.05, 3.63) is 28.2 Å². The van der Waals surface area contributed by atoms with Crippen LogP contribution in [-0.4, -0.2) is 31.7 Å². The van der Waals surface area contributed by atoms with Crippen molar-refractivity contribution in [2.24, 2.45) is 0 Å². The van der Waals surface area contributed by atoms with Gasteiger partial charge in [-0.15, -0.1) is 0 Å². The van der Waals surface area contributed by atoms with E-state index in [1.54, 1.807) is 18.2 Å². The summed E-state index contributed by atoms with van der Waals surface area (Å²) < 4.78 is 5.43. The number of hydrogen-bond donors (Lipinski definition) is 2. The molecule has 0 saturated carbocycles. The Kier molecular flexibility index (Phi) is 5.31. The highest BCUT2D eigenvalue weighted by atomic mass is 35.5. The molecule has 1 fully saturated rings. The molecule has 0 radical (unpaired) electrons. The van der Waals surface area contributed by atoms with E-state index >= 15 is 0 Å². The van der Waals surface area contributed by atoms with Gasteiger partial charge >= 0.3 is 0 Å². The second kappa shape index (κ2) is 6.98. The summed E-state index contributed by atoms with van der Waals surface area (Å²) in [6.45, 7) is 1.56. The molecule has 104 valence electrons. The van der Waals surface area contributed by atoms with Gasteiger partial charge in [-0.1, -0.05) is 23.2 Å². The van der Waals surface area contributed by atoms with E-state index in [9.17, 15) is 4.79 Å². The molecule has 0 aliphatic carbocycles. The standard InChI is InChI=1S/C13H16Cl2N2O2/c14-11-4-3-9(6-12(11)15)16-8-13(18)17-7-10-2-1-5-19-10/h3-4,6,10,16H,1-2,5,7-8H2,(H,17,18). The van der Waals surface area contributed by atoms with Gasteiger partial charge < -0.3 is 15.4 Å². The van der Waals surface area contributed by atoms with Crippen molar-refractivity contribution in [2.45, 2.75) is 18.9 Å². The average molecular weight is 303 g/mol. The van der Waals surface area contributed by atoms with Gasteiger partial charge in [0, 0.05) is 18.8 Å². The molecule has 1 atom stereocenters. The van der Waals surface area contributed by atoms with Gasteiger partial charge in [-0.05, 0) is 31.0 Å². The number of nitrogens with one attached hydrogen (secondary N) is 2. The molecule has 1 aromatic carbocycles. The first-order valence-corrected chi connectivity index (χ1v) is 6.98. The number of carbonyl (C=O) groups excluding carboxylic acids is 1. The number of carbonyl (C=O) groups is 1. The van der Waals surface area contributed by atoms with Gasteiger partial charge in [0.25, 0.3) is 0 Å². The van der Waals surface area contributed by atoms with Crippen LogP contribution in [0, 0.1) is 0 Å². The minimum atomic E-state index is -0.0680. The third kappa shape index (κ3) is 4.56. The molecule has 4 nitrogen and oxygen atoms in total. The predicted molar refractivity (Wildman–Crippen MR) is 76.9 cm³/mol. The van der Waals surface area contributed by atoms with Crippen LogP contribution in [0.5, 0.6) is 0 Å². The summed E-state index contributed by atoms with van der Waals surface area (Å²) in [7, 11) is 0. The van der Waals surface area contributed by atoms with Crippen molar-refractivity contribution in [1.82, 2.24) is 5.32 Å². The van der Waals surface area contributed by atoms with Crippen LogP contribution in [0.15, 0.2) is 18.2 Å². The molecular weight excluding hydrogens is 287 g/mol.